The van der Waals surface area contributed by atoms with Crippen molar-refractivity contribution < 1.29 is 9.21 Å². The Bertz CT molecular complexity index is 525. The number of aromatic nitrogens is 2. The molecule has 0 aliphatic carbocycles. The van der Waals surface area contributed by atoms with Gasteiger partial charge in [0.1, 0.15) is 11.5 Å². The summed E-state index contributed by atoms with van der Waals surface area (Å²) in [6, 6.07) is 3.55. The maximum Gasteiger partial charge on any atom is 0.244 e. The molecule has 2 heterocycles. The van der Waals surface area contributed by atoms with Gasteiger partial charge < -0.3 is 10.2 Å². The second kappa shape index (κ2) is 4.55. The molecule has 0 bridgehead atoms. The number of carbonyl (C=O) groups excluding carboxylic acids is 1. The largest absolute Gasteiger partial charge is 0.440 e. The molecule has 0 saturated carbocycles. The van der Waals surface area contributed by atoms with Crippen LogP contribution in [-0.4, -0.2) is 22.0 Å². The highest BCUT2D eigenvalue weighted by Gasteiger charge is 2.15. The fraction of sp³-hybridized carbons (Fsp3) is 0.333. The van der Waals surface area contributed by atoms with E-state index in [2.05, 4.69) is 4.98 Å². The lowest BCUT2D eigenvalue weighted by Crippen LogP contribution is -2.20. The van der Waals surface area contributed by atoms with Gasteiger partial charge in [0, 0.05) is 12.1 Å². The predicted molar refractivity (Wildman–Crippen MR) is 63.7 cm³/mol. The molecular weight excluding hydrogens is 218 g/mol. The molecule has 2 aromatic rings. The van der Waals surface area contributed by atoms with Crippen LogP contribution in [0.2, 0.25) is 0 Å². The molecule has 0 spiro atoms. The Labute approximate surface area is 99.2 Å². The van der Waals surface area contributed by atoms with Gasteiger partial charge in [-0.3, -0.25) is 9.36 Å². The van der Waals surface area contributed by atoms with Gasteiger partial charge in [-0.15, -0.1) is 0 Å². The summed E-state index contributed by atoms with van der Waals surface area (Å²) < 4.78 is 7.05. The first-order valence-electron chi connectivity index (χ1n) is 5.50. The molecule has 0 amide bonds. The molecule has 90 valence electrons. The topological polar surface area (TPSA) is 74.0 Å². The van der Waals surface area contributed by atoms with Crippen molar-refractivity contribution in [1.29, 1.82) is 0 Å². The molecule has 0 unspecified atom stereocenters. The first-order valence-corrected chi connectivity index (χ1v) is 5.50. The average Bonchev–Trinajstić information content (AvgIpc) is 2.95. The Morgan fingerprint density at radius 3 is 2.94 bits per heavy atom. The lowest BCUT2D eigenvalue weighted by molar-refractivity contribution is 0.0925. The van der Waals surface area contributed by atoms with Crippen LogP contribution in [0.1, 0.15) is 30.3 Å². The molecular formula is C12H15N3O2. The molecule has 2 N–H and O–H groups in total. The molecule has 5 nitrogen and oxygen atoms in total. The number of nitrogens with two attached hydrogens (primary N) is 1. The molecule has 2 rings (SSSR count). The van der Waals surface area contributed by atoms with E-state index in [4.69, 9.17) is 10.2 Å². The maximum absolute atomic E-state index is 11.6. The number of oxazole rings is 1. The van der Waals surface area contributed by atoms with Gasteiger partial charge in [-0.1, -0.05) is 13.8 Å². The number of hydrogen-bond acceptors (Lipinski definition) is 4. The maximum atomic E-state index is 11.6. The fourth-order valence-electron chi connectivity index (χ4n) is 1.54. The Balaban J connectivity index is 2.39. The van der Waals surface area contributed by atoms with Crippen molar-refractivity contribution >= 4 is 5.91 Å². The third-order valence-corrected chi connectivity index (χ3v) is 2.50. The zero-order valence-corrected chi connectivity index (χ0v) is 9.88. The minimum Gasteiger partial charge on any atom is -0.440 e. The van der Waals surface area contributed by atoms with E-state index in [9.17, 15) is 4.79 Å². The Kier molecular flexibility index (Phi) is 3.10. The second-order valence-electron chi connectivity index (χ2n) is 4.08. The zero-order valence-electron chi connectivity index (χ0n) is 9.88. The van der Waals surface area contributed by atoms with E-state index in [0.717, 1.165) is 5.76 Å². The van der Waals surface area contributed by atoms with Crippen LogP contribution < -0.4 is 5.73 Å². The first kappa shape index (κ1) is 11.6. The average molecular weight is 233 g/mol. The van der Waals surface area contributed by atoms with Gasteiger partial charge in [-0.25, -0.2) is 4.98 Å². The van der Waals surface area contributed by atoms with Crippen LogP contribution in [0.25, 0.3) is 11.6 Å². The van der Waals surface area contributed by atoms with E-state index in [-0.39, 0.29) is 18.4 Å². The SMILES string of the molecule is CC(C)c1cnc(-c2cccn2C(=O)CN)o1. The Hall–Kier alpha value is -1.88. The summed E-state index contributed by atoms with van der Waals surface area (Å²) >= 11 is 0. The molecule has 0 aromatic carbocycles. The van der Waals surface area contributed by atoms with E-state index >= 15 is 0 Å². The fourth-order valence-corrected chi connectivity index (χ4v) is 1.54. The van der Waals surface area contributed by atoms with E-state index in [1.165, 1.54) is 4.57 Å². The van der Waals surface area contributed by atoms with E-state index < -0.39 is 0 Å². The van der Waals surface area contributed by atoms with Crippen LogP contribution in [-0.2, 0) is 0 Å². The summed E-state index contributed by atoms with van der Waals surface area (Å²) in [6.07, 6.45) is 3.34. The summed E-state index contributed by atoms with van der Waals surface area (Å²) in [5, 5.41) is 0. The van der Waals surface area contributed by atoms with Gasteiger partial charge >= 0.3 is 0 Å². The molecule has 0 atom stereocenters. The number of carbonyl (C=O) groups is 1. The van der Waals surface area contributed by atoms with Crippen molar-refractivity contribution in [3.63, 3.8) is 0 Å². The van der Waals surface area contributed by atoms with Crippen molar-refractivity contribution in [3.8, 4) is 11.6 Å². The van der Waals surface area contributed by atoms with Crippen molar-refractivity contribution in [2.24, 2.45) is 5.73 Å². The van der Waals surface area contributed by atoms with Crippen molar-refractivity contribution in [2.45, 2.75) is 19.8 Å². The van der Waals surface area contributed by atoms with Gasteiger partial charge in [0.25, 0.3) is 0 Å². The Morgan fingerprint density at radius 2 is 2.35 bits per heavy atom. The van der Waals surface area contributed by atoms with Gasteiger partial charge in [-0.05, 0) is 12.1 Å². The summed E-state index contributed by atoms with van der Waals surface area (Å²) in [6.45, 7) is 4.00. The third kappa shape index (κ3) is 2.14. The van der Waals surface area contributed by atoms with Gasteiger partial charge in [-0.2, -0.15) is 0 Å². The van der Waals surface area contributed by atoms with Gasteiger partial charge in [0.15, 0.2) is 0 Å². The Morgan fingerprint density at radius 1 is 1.59 bits per heavy atom. The van der Waals surface area contributed by atoms with E-state index in [0.29, 0.717) is 11.6 Å². The number of nitrogens with zero attached hydrogens (tertiary/aromatic N) is 2. The van der Waals surface area contributed by atoms with Crippen LogP contribution >= 0.6 is 0 Å². The summed E-state index contributed by atoms with van der Waals surface area (Å²) in [5.74, 6) is 1.33. The third-order valence-electron chi connectivity index (χ3n) is 2.50. The normalized spacial score (nSPS) is 11.1. The minimum absolute atomic E-state index is 0.0422. The monoisotopic (exact) mass is 233 g/mol. The number of hydrogen-bond donors (Lipinski definition) is 1. The van der Waals surface area contributed by atoms with Gasteiger partial charge in [0.05, 0.1) is 12.7 Å². The van der Waals surface area contributed by atoms with E-state index in [1.807, 2.05) is 13.8 Å². The highest BCUT2D eigenvalue weighted by Crippen LogP contribution is 2.23. The van der Waals surface area contributed by atoms with Crippen molar-refractivity contribution in [2.75, 3.05) is 6.54 Å². The lowest BCUT2D eigenvalue weighted by Gasteiger charge is -2.03. The molecule has 5 heteroatoms. The molecule has 0 aliphatic heterocycles. The highest BCUT2D eigenvalue weighted by molar-refractivity contribution is 5.84. The molecule has 2 aromatic heterocycles. The zero-order chi connectivity index (χ0) is 12.4. The van der Waals surface area contributed by atoms with Crippen LogP contribution in [0.3, 0.4) is 0 Å². The summed E-state index contributed by atoms with van der Waals surface area (Å²) in [7, 11) is 0. The minimum atomic E-state index is -0.186. The van der Waals surface area contributed by atoms with Crippen LogP contribution in [0.5, 0.6) is 0 Å². The summed E-state index contributed by atoms with van der Waals surface area (Å²) in [4.78, 5) is 15.8. The quantitative estimate of drug-likeness (QED) is 0.878. The van der Waals surface area contributed by atoms with Crippen LogP contribution in [0.4, 0.5) is 0 Å². The smallest absolute Gasteiger partial charge is 0.244 e. The summed E-state index contributed by atoms with van der Waals surface area (Å²) in [5.41, 5.74) is 5.97. The van der Waals surface area contributed by atoms with Crippen LogP contribution in [0, 0.1) is 0 Å². The molecule has 0 saturated heterocycles. The first-order chi connectivity index (χ1) is 8.13. The molecule has 0 radical (unpaired) electrons. The van der Waals surface area contributed by atoms with Crippen molar-refractivity contribution in [3.05, 3.63) is 30.3 Å². The molecule has 0 fully saturated rings. The second-order valence-corrected chi connectivity index (χ2v) is 4.08. The van der Waals surface area contributed by atoms with Crippen LogP contribution in [0.15, 0.2) is 28.9 Å². The number of rotatable bonds is 3. The molecule has 0 aliphatic rings. The standard InChI is InChI=1S/C12H15N3O2/c1-8(2)10-7-14-12(17-10)9-4-3-5-15(9)11(16)6-13/h3-5,7-8H,6,13H2,1-2H3. The highest BCUT2D eigenvalue weighted by atomic mass is 16.4. The van der Waals surface area contributed by atoms with Crippen molar-refractivity contribution in [1.82, 2.24) is 9.55 Å². The lowest BCUT2D eigenvalue weighted by atomic mass is 10.2. The van der Waals surface area contributed by atoms with Gasteiger partial charge in [0.2, 0.25) is 11.8 Å². The predicted octanol–water partition coefficient (Wildman–Crippen LogP) is 1.87. The molecule has 17 heavy (non-hydrogen) atoms. The van der Waals surface area contributed by atoms with E-state index in [1.54, 1.807) is 24.5 Å².